The third-order valence-corrected chi connectivity index (χ3v) is 4.01. The highest BCUT2D eigenvalue weighted by Crippen LogP contribution is 2.19. The van der Waals surface area contributed by atoms with Crippen molar-refractivity contribution in [2.75, 3.05) is 0 Å². The molecule has 2 atom stereocenters. The summed E-state index contributed by atoms with van der Waals surface area (Å²) in [4.78, 5) is 0. The third kappa shape index (κ3) is 2.98. The first-order valence-corrected chi connectivity index (χ1v) is 6.79. The highest BCUT2D eigenvalue weighted by molar-refractivity contribution is 6.30. The van der Waals surface area contributed by atoms with Crippen molar-refractivity contribution in [2.45, 2.75) is 39.4 Å². The Kier molecular flexibility index (Phi) is 4.27. The highest BCUT2D eigenvalue weighted by atomic mass is 35.5. The van der Waals surface area contributed by atoms with Gasteiger partial charge in [0.15, 0.2) is 0 Å². The zero-order chi connectivity index (χ0) is 14.0. The Bertz CT molecular complexity index is 531. The van der Waals surface area contributed by atoms with Crippen molar-refractivity contribution in [3.8, 4) is 0 Å². The van der Waals surface area contributed by atoms with Crippen LogP contribution in [0, 0.1) is 6.92 Å². The van der Waals surface area contributed by atoms with Gasteiger partial charge in [-0.05, 0) is 26.8 Å². The molecule has 104 valence electrons. The Morgan fingerprint density at radius 3 is 2.68 bits per heavy atom. The van der Waals surface area contributed by atoms with E-state index in [1.807, 2.05) is 30.9 Å². The quantitative estimate of drug-likeness (QED) is 0.915. The molecular formula is C13H20ClN5. The maximum absolute atomic E-state index is 6.22. The van der Waals surface area contributed by atoms with Crippen LogP contribution in [0.5, 0.6) is 0 Å². The summed E-state index contributed by atoms with van der Waals surface area (Å²) in [5.74, 6) is 0. The molecule has 0 radical (unpaired) electrons. The minimum absolute atomic E-state index is 0.283. The van der Waals surface area contributed by atoms with Crippen LogP contribution >= 0.6 is 11.6 Å². The predicted molar refractivity (Wildman–Crippen MR) is 76.2 cm³/mol. The third-order valence-electron chi connectivity index (χ3n) is 3.54. The van der Waals surface area contributed by atoms with Crippen molar-refractivity contribution in [2.24, 2.45) is 7.05 Å². The topological polar surface area (TPSA) is 47.7 Å². The van der Waals surface area contributed by atoms with Crippen LogP contribution in [-0.4, -0.2) is 25.6 Å². The molecule has 19 heavy (non-hydrogen) atoms. The number of hydrogen-bond acceptors (Lipinski definition) is 3. The standard InChI is InChI=1S/C13H20ClN5/c1-9(11(3)19-7-5-6-16-19)15-8-12-10(2)17-18(4)13(12)14/h5-7,9,11,15H,8H2,1-4H3/t9-,11-/m0/s1. The summed E-state index contributed by atoms with van der Waals surface area (Å²) in [5, 5.41) is 12.8. The summed E-state index contributed by atoms with van der Waals surface area (Å²) in [6.07, 6.45) is 3.77. The van der Waals surface area contributed by atoms with E-state index in [9.17, 15) is 0 Å². The molecule has 0 aliphatic carbocycles. The second-order valence-corrected chi connectivity index (χ2v) is 5.23. The van der Waals surface area contributed by atoms with Crippen LogP contribution in [0.3, 0.4) is 0 Å². The predicted octanol–water partition coefficient (Wildman–Crippen LogP) is 2.32. The highest BCUT2D eigenvalue weighted by Gasteiger charge is 2.16. The Hall–Kier alpha value is -1.33. The number of aryl methyl sites for hydroxylation is 2. The average molecular weight is 282 g/mol. The second-order valence-electron chi connectivity index (χ2n) is 4.87. The molecule has 2 rings (SSSR count). The lowest BCUT2D eigenvalue weighted by Crippen LogP contribution is -2.33. The van der Waals surface area contributed by atoms with E-state index < -0.39 is 0 Å². The van der Waals surface area contributed by atoms with Gasteiger partial charge in [-0.25, -0.2) is 0 Å². The lowest BCUT2D eigenvalue weighted by atomic mass is 10.1. The zero-order valence-electron chi connectivity index (χ0n) is 11.8. The van der Waals surface area contributed by atoms with Gasteiger partial charge < -0.3 is 5.32 Å². The number of hydrogen-bond donors (Lipinski definition) is 1. The molecule has 5 nitrogen and oxygen atoms in total. The zero-order valence-corrected chi connectivity index (χ0v) is 12.5. The van der Waals surface area contributed by atoms with Crippen molar-refractivity contribution in [1.29, 1.82) is 0 Å². The van der Waals surface area contributed by atoms with Gasteiger partial charge in [-0.15, -0.1) is 0 Å². The monoisotopic (exact) mass is 281 g/mol. The van der Waals surface area contributed by atoms with Crippen molar-refractivity contribution in [3.63, 3.8) is 0 Å². The minimum Gasteiger partial charge on any atom is -0.308 e. The van der Waals surface area contributed by atoms with Gasteiger partial charge in [0.05, 0.1) is 11.7 Å². The van der Waals surface area contributed by atoms with Crippen LogP contribution in [0.2, 0.25) is 5.15 Å². The van der Waals surface area contributed by atoms with Gasteiger partial charge in [0.25, 0.3) is 0 Å². The largest absolute Gasteiger partial charge is 0.308 e. The van der Waals surface area contributed by atoms with Gasteiger partial charge in [-0.2, -0.15) is 10.2 Å². The molecule has 0 aliphatic rings. The van der Waals surface area contributed by atoms with Crippen molar-refractivity contribution in [3.05, 3.63) is 34.9 Å². The van der Waals surface area contributed by atoms with Gasteiger partial charge in [0, 0.05) is 37.6 Å². The van der Waals surface area contributed by atoms with Crippen LogP contribution in [0.1, 0.15) is 31.1 Å². The second kappa shape index (κ2) is 5.75. The Balaban J connectivity index is 1.98. The van der Waals surface area contributed by atoms with Gasteiger partial charge in [-0.3, -0.25) is 9.36 Å². The molecule has 2 aromatic heterocycles. The van der Waals surface area contributed by atoms with Crippen LogP contribution in [0.25, 0.3) is 0 Å². The normalized spacial score (nSPS) is 14.6. The molecule has 0 aliphatic heterocycles. The molecular weight excluding hydrogens is 262 g/mol. The summed E-state index contributed by atoms with van der Waals surface area (Å²) < 4.78 is 3.66. The molecule has 0 unspecified atom stereocenters. The van der Waals surface area contributed by atoms with E-state index in [0.29, 0.717) is 11.7 Å². The maximum atomic E-state index is 6.22. The number of aromatic nitrogens is 4. The fourth-order valence-corrected chi connectivity index (χ4v) is 2.30. The van der Waals surface area contributed by atoms with Gasteiger partial charge in [0.2, 0.25) is 0 Å². The van der Waals surface area contributed by atoms with Crippen LogP contribution in [0.4, 0.5) is 0 Å². The molecule has 1 N–H and O–H groups in total. The van der Waals surface area contributed by atoms with Crippen LogP contribution in [0.15, 0.2) is 18.5 Å². The summed E-state index contributed by atoms with van der Waals surface area (Å²) in [7, 11) is 1.86. The molecule has 0 saturated carbocycles. The number of rotatable bonds is 5. The Morgan fingerprint density at radius 2 is 2.16 bits per heavy atom. The van der Waals surface area contributed by atoms with E-state index in [0.717, 1.165) is 11.3 Å². The fraction of sp³-hybridized carbons (Fsp3) is 0.538. The average Bonchev–Trinajstić information content (AvgIpc) is 2.97. The van der Waals surface area contributed by atoms with Gasteiger partial charge in [0.1, 0.15) is 5.15 Å². The molecule has 2 heterocycles. The SMILES string of the molecule is Cc1nn(C)c(Cl)c1CN[C@@H](C)[C@H](C)n1cccn1. The fourth-order valence-electron chi connectivity index (χ4n) is 2.06. The van der Waals surface area contributed by atoms with Gasteiger partial charge >= 0.3 is 0 Å². The van der Waals surface area contributed by atoms with Gasteiger partial charge in [-0.1, -0.05) is 11.6 Å². The van der Waals surface area contributed by atoms with E-state index in [2.05, 4.69) is 29.4 Å². The van der Waals surface area contributed by atoms with E-state index in [1.54, 1.807) is 10.9 Å². The molecule has 0 saturated heterocycles. The summed E-state index contributed by atoms with van der Waals surface area (Å²) in [5.41, 5.74) is 2.03. The molecule has 0 amide bonds. The smallest absolute Gasteiger partial charge is 0.131 e. The lowest BCUT2D eigenvalue weighted by Gasteiger charge is -2.21. The summed E-state index contributed by atoms with van der Waals surface area (Å²) in [6.45, 7) is 6.98. The van der Waals surface area contributed by atoms with Crippen LogP contribution in [-0.2, 0) is 13.6 Å². The van der Waals surface area contributed by atoms with E-state index >= 15 is 0 Å². The van der Waals surface area contributed by atoms with Crippen LogP contribution < -0.4 is 5.32 Å². The van der Waals surface area contributed by atoms with E-state index in [-0.39, 0.29) is 12.1 Å². The number of halogens is 1. The Morgan fingerprint density at radius 1 is 1.42 bits per heavy atom. The van der Waals surface area contributed by atoms with E-state index in [4.69, 9.17) is 11.6 Å². The molecule has 0 aromatic carbocycles. The van der Waals surface area contributed by atoms with Crippen molar-refractivity contribution >= 4 is 11.6 Å². The number of nitrogens with one attached hydrogen (secondary N) is 1. The molecule has 0 bridgehead atoms. The van der Waals surface area contributed by atoms with E-state index in [1.165, 1.54) is 0 Å². The maximum Gasteiger partial charge on any atom is 0.131 e. The first kappa shape index (κ1) is 14.1. The molecule has 0 spiro atoms. The van der Waals surface area contributed by atoms with Crippen molar-refractivity contribution < 1.29 is 0 Å². The van der Waals surface area contributed by atoms with Crippen molar-refractivity contribution in [1.82, 2.24) is 24.9 Å². The molecule has 0 fully saturated rings. The molecule has 2 aromatic rings. The molecule has 6 heteroatoms. The Labute approximate surface area is 118 Å². The first-order chi connectivity index (χ1) is 9.00. The number of nitrogens with zero attached hydrogens (tertiary/aromatic N) is 4. The summed E-state index contributed by atoms with van der Waals surface area (Å²) in [6, 6.07) is 2.51. The minimum atomic E-state index is 0.283. The first-order valence-electron chi connectivity index (χ1n) is 6.41. The lowest BCUT2D eigenvalue weighted by molar-refractivity contribution is 0.365. The summed E-state index contributed by atoms with van der Waals surface area (Å²) >= 11 is 6.22.